The van der Waals surface area contributed by atoms with Crippen LogP contribution in [-0.4, -0.2) is 33.8 Å². The van der Waals surface area contributed by atoms with Crippen molar-refractivity contribution >= 4 is 11.6 Å². The summed E-state index contributed by atoms with van der Waals surface area (Å²) >= 11 is 0. The number of alkyl halides is 2. The summed E-state index contributed by atoms with van der Waals surface area (Å²) < 4.78 is 37.8. The van der Waals surface area contributed by atoms with Crippen LogP contribution in [-0.2, 0) is 17.9 Å². The van der Waals surface area contributed by atoms with Gasteiger partial charge in [-0.3, -0.25) is 19.6 Å². The van der Waals surface area contributed by atoms with Crippen LogP contribution in [0, 0.1) is 17.0 Å². The molecule has 11 heteroatoms. The molecular formula is C18H22F2N4O5. The minimum atomic E-state index is -3.11. The topological polar surface area (TPSA) is 109 Å². The van der Waals surface area contributed by atoms with Crippen molar-refractivity contribution in [1.82, 2.24) is 15.1 Å². The number of ether oxygens (including phenoxy) is 2. The molecule has 0 radical (unpaired) electrons. The normalized spacial score (nSPS) is 10.8. The molecule has 0 fully saturated rings. The van der Waals surface area contributed by atoms with E-state index in [1.54, 1.807) is 18.2 Å². The summed E-state index contributed by atoms with van der Waals surface area (Å²) in [6, 6.07) is 5.21. The van der Waals surface area contributed by atoms with Crippen molar-refractivity contribution in [1.29, 1.82) is 0 Å². The highest BCUT2D eigenvalue weighted by atomic mass is 19.3. The van der Waals surface area contributed by atoms with E-state index in [0.717, 1.165) is 10.2 Å². The molecule has 0 bridgehead atoms. The average molecular weight is 412 g/mol. The molecule has 0 aliphatic heterocycles. The number of hydrogen-bond acceptors (Lipinski definition) is 6. The zero-order chi connectivity index (χ0) is 21.6. The molecule has 158 valence electrons. The van der Waals surface area contributed by atoms with E-state index >= 15 is 0 Å². The lowest BCUT2D eigenvalue weighted by Crippen LogP contribution is -2.28. The largest absolute Gasteiger partial charge is 0.490 e. The van der Waals surface area contributed by atoms with E-state index in [4.69, 9.17) is 9.47 Å². The lowest BCUT2D eigenvalue weighted by atomic mass is 10.2. The molecule has 0 aliphatic carbocycles. The standard InChI is InChI=1S/C18H22F2N4O5/c1-4-28-13-7-6-12(8-14(13)29-5-2)9-21-15(25)10-23-11(3)17(24(26)27)16(22-23)18(19)20/h6-8,18H,4-5,9-10H2,1-3H3,(H,21,25). The van der Waals surface area contributed by atoms with E-state index in [1.165, 1.54) is 6.92 Å². The molecule has 2 aromatic rings. The zero-order valence-electron chi connectivity index (χ0n) is 16.3. The second kappa shape index (κ2) is 9.80. The van der Waals surface area contributed by atoms with Crippen LogP contribution in [0.15, 0.2) is 18.2 Å². The number of hydrogen-bond donors (Lipinski definition) is 1. The average Bonchev–Trinajstić information content (AvgIpc) is 2.99. The van der Waals surface area contributed by atoms with Gasteiger partial charge < -0.3 is 14.8 Å². The Morgan fingerprint density at radius 3 is 2.48 bits per heavy atom. The van der Waals surface area contributed by atoms with Crippen LogP contribution in [0.2, 0.25) is 0 Å². The monoisotopic (exact) mass is 412 g/mol. The van der Waals surface area contributed by atoms with Gasteiger partial charge in [-0.2, -0.15) is 5.10 Å². The van der Waals surface area contributed by atoms with Crippen molar-refractivity contribution in [2.45, 2.75) is 40.3 Å². The zero-order valence-corrected chi connectivity index (χ0v) is 16.3. The van der Waals surface area contributed by atoms with Crippen molar-refractivity contribution < 1.29 is 28.0 Å². The molecule has 0 unspecified atom stereocenters. The van der Waals surface area contributed by atoms with Crippen LogP contribution in [0.4, 0.5) is 14.5 Å². The number of nitrogens with one attached hydrogen (secondary N) is 1. The van der Waals surface area contributed by atoms with E-state index < -0.39 is 35.2 Å². The number of nitrogens with zero attached hydrogens (tertiary/aromatic N) is 3. The number of aromatic nitrogens is 2. The maximum Gasteiger partial charge on any atom is 0.319 e. The van der Waals surface area contributed by atoms with Gasteiger partial charge in [0.15, 0.2) is 11.5 Å². The molecular weight excluding hydrogens is 390 g/mol. The fraction of sp³-hybridized carbons (Fsp3) is 0.444. The molecule has 1 heterocycles. The van der Waals surface area contributed by atoms with Gasteiger partial charge in [0, 0.05) is 6.54 Å². The summed E-state index contributed by atoms with van der Waals surface area (Å²) in [5.74, 6) is 0.600. The Bertz CT molecular complexity index is 885. The van der Waals surface area contributed by atoms with E-state index in [1.807, 2.05) is 13.8 Å². The van der Waals surface area contributed by atoms with Gasteiger partial charge in [0.1, 0.15) is 12.2 Å². The highest BCUT2D eigenvalue weighted by Crippen LogP contribution is 2.31. The second-order valence-corrected chi connectivity index (χ2v) is 5.96. The van der Waals surface area contributed by atoms with Crippen LogP contribution in [0.3, 0.4) is 0 Å². The summed E-state index contributed by atoms with van der Waals surface area (Å²) in [6.45, 7) is 5.61. The minimum Gasteiger partial charge on any atom is -0.490 e. The highest BCUT2D eigenvalue weighted by Gasteiger charge is 2.31. The van der Waals surface area contributed by atoms with Gasteiger partial charge in [0.25, 0.3) is 6.43 Å². The second-order valence-electron chi connectivity index (χ2n) is 5.96. The molecule has 0 spiro atoms. The van der Waals surface area contributed by atoms with Gasteiger partial charge in [-0.15, -0.1) is 0 Å². The predicted octanol–water partition coefficient (Wildman–Crippen LogP) is 3.15. The van der Waals surface area contributed by atoms with E-state index in [0.29, 0.717) is 24.7 Å². The molecule has 0 atom stereocenters. The SMILES string of the molecule is CCOc1ccc(CNC(=O)Cn2nc(C(F)F)c([N+](=O)[O-])c2C)cc1OCC. The molecule has 1 amide bonds. The number of carbonyl (C=O) groups excluding carboxylic acids is 1. The molecule has 0 aliphatic rings. The van der Waals surface area contributed by atoms with E-state index in [2.05, 4.69) is 10.4 Å². The predicted molar refractivity (Wildman–Crippen MR) is 99.2 cm³/mol. The molecule has 1 N–H and O–H groups in total. The van der Waals surface area contributed by atoms with Crippen LogP contribution in [0.5, 0.6) is 11.5 Å². The van der Waals surface area contributed by atoms with Crippen molar-refractivity contribution in [3.63, 3.8) is 0 Å². The van der Waals surface area contributed by atoms with Crippen LogP contribution < -0.4 is 14.8 Å². The molecule has 1 aromatic heterocycles. The van der Waals surface area contributed by atoms with Crippen molar-refractivity contribution in [2.75, 3.05) is 13.2 Å². The minimum absolute atomic E-state index is 0.111. The third-order valence-electron chi connectivity index (χ3n) is 3.98. The summed E-state index contributed by atoms with van der Waals surface area (Å²) in [5, 5.41) is 17.2. The molecule has 0 saturated carbocycles. The Balaban J connectivity index is 2.08. The van der Waals surface area contributed by atoms with Crippen LogP contribution >= 0.6 is 0 Å². The number of rotatable bonds is 10. The molecule has 9 nitrogen and oxygen atoms in total. The van der Waals surface area contributed by atoms with Crippen LogP contribution in [0.1, 0.15) is 37.2 Å². The number of halogens is 2. The van der Waals surface area contributed by atoms with Gasteiger partial charge in [-0.05, 0) is 38.5 Å². The fourth-order valence-corrected chi connectivity index (χ4v) is 2.68. The molecule has 1 aromatic carbocycles. The Kier molecular flexibility index (Phi) is 7.46. The third kappa shape index (κ3) is 5.39. The van der Waals surface area contributed by atoms with Gasteiger partial charge in [0.2, 0.25) is 11.6 Å². The number of nitro groups is 1. The van der Waals surface area contributed by atoms with E-state index in [-0.39, 0.29) is 12.2 Å². The third-order valence-corrected chi connectivity index (χ3v) is 3.98. The quantitative estimate of drug-likeness (QED) is 0.474. The Morgan fingerprint density at radius 2 is 1.93 bits per heavy atom. The smallest absolute Gasteiger partial charge is 0.319 e. The maximum absolute atomic E-state index is 13.0. The number of benzene rings is 1. The summed E-state index contributed by atoms with van der Waals surface area (Å²) in [5.41, 5.74) is -1.10. The Labute approximate surface area is 165 Å². The van der Waals surface area contributed by atoms with Gasteiger partial charge in [-0.1, -0.05) is 6.07 Å². The maximum atomic E-state index is 13.0. The van der Waals surface area contributed by atoms with Crippen molar-refractivity contribution in [2.24, 2.45) is 0 Å². The summed E-state index contributed by atoms with van der Waals surface area (Å²) in [4.78, 5) is 22.3. The van der Waals surface area contributed by atoms with E-state index in [9.17, 15) is 23.7 Å². The molecule has 29 heavy (non-hydrogen) atoms. The highest BCUT2D eigenvalue weighted by molar-refractivity contribution is 5.75. The fourth-order valence-electron chi connectivity index (χ4n) is 2.68. The van der Waals surface area contributed by atoms with Gasteiger partial charge in [-0.25, -0.2) is 8.78 Å². The van der Waals surface area contributed by atoms with Crippen LogP contribution in [0.25, 0.3) is 0 Å². The van der Waals surface area contributed by atoms with Gasteiger partial charge in [0.05, 0.1) is 18.1 Å². The Hall–Kier alpha value is -3.24. The first-order valence-corrected chi connectivity index (χ1v) is 8.93. The first kappa shape index (κ1) is 22.1. The number of carbonyl (C=O) groups is 1. The first-order chi connectivity index (χ1) is 13.8. The summed E-state index contributed by atoms with van der Waals surface area (Å²) in [7, 11) is 0. The number of amides is 1. The Morgan fingerprint density at radius 1 is 1.28 bits per heavy atom. The lowest BCUT2D eigenvalue weighted by Gasteiger charge is -2.13. The van der Waals surface area contributed by atoms with Crippen molar-refractivity contribution in [3.05, 3.63) is 45.3 Å². The molecule has 0 saturated heterocycles. The van der Waals surface area contributed by atoms with Crippen molar-refractivity contribution in [3.8, 4) is 11.5 Å². The summed E-state index contributed by atoms with van der Waals surface area (Å²) in [6.07, 6.45) is -3.11. The first-order valence-electron chi connectivity index (χ1n) is 8.93. The van der Waals surface area contributed by atoms with Gasteiger partial charge >= 0.3 is 5.69 Å². The molecule has 2 rings (SSSR count). The lowest BCUT2D eigenvalue weighted by molar-refractivity contribution is -0.386.